The van der Waals surface area contributed by atoms with Gasteiger partial charge in [0.1, 0.15) is 23.5 Å². The number of aromatic nitrogens is 1. The number of nitriles is 2. The Morgan fingerprint density at radius 2 is 1.87 bits per heavy atom. The summed E-state index contributed by atoms with van der Waals surface area (Å²) in [5.74, 6) is -0.907. The van der Waals surface area contributed by atoms with Gasteiger partial charge in [-0.3, -0.25) is 0 Å². The van der Waals surface area contributed by atoms with Gasteiger partial charge < -0.3 is 10.5 Å². The number of hydrogen-bond donors (Lipinski definition) is 1. The zero-order valence-corrected chi connectivity index (χ0v) is 12.9. The number of carbonyl (C=O) groups excluding carboxylic acids is 1. The largest absolute Gasteiger partial charge is 0.461 e. The molecule has 0 saturated heterocycles. The van der Waals surface area contributed by atoms with Crippen LogP contribution in [0, 0.1) is 22.7 Å². The molecule has 0 spiro atoms. The Kier molecular flexibility index (Phi) is 4.80. The van der Waals surface area contributed by atoms with Crippen molar-refractivity contribution in [3.05, 3.63) is 46.1 Å². The Bertz CT molecular complexity index is 848. The van der Waals surface area contributed by atoms with Crippen molar-refractivity contribution in [1.82, 2.24) is 4.98 Å². The number of carbonyl (C=O) groups is 1. The summed E-state index contributed by atoms with van der Waals surface area (Å²) >= 11 is 5.86. The van der Waals surface area contributed by atoms with Crippen LogP contribution in [0.1, 0.15) is 28.5 Å². The van der Waals surface area contributed by atoms with Crippen molar-refractivity contribution in [2.75, 3.05) is 12.3 Å². The first-order chi connectivity index (χ1) is 11.0. The van der Waals surface area contributed by atoms with Gasteiger partial charge in [-0.25, -0.2) is 9.78 Å². The quantitative estimate of drug-likeness (QED) is 0.867. The zero-order chi connectivity index (χ0) is 17.0. The minimum absolute atomic E-state index is 0.0249. The van der Waals surface area contributed by atoms with Crippen LogP contribution in [-0.4, -0.2) is 17.6 Å². The van der Waals surface area contributed by atoms with Crippen LogP contribution in [0.3, 0.4) is 0 Å². The average Bonchev–Trinajstić information content (AvgIpc) is 2.54. The summed E-state index contributed by atoms with van der Waals surface area (Å²) in [7, 11) is 0. The van der Waals surface area contributed by atoms with Gasteiger partial charge in [0.05, 0.1) is 12.2 Å². The fourth-order valence-electron chi connectivity index (χ4n) is 2.08. The molecule has 1 aromatic heterocycles. The maximum Gasteiger partial charge on any atom is 0.358 e. The van der Waals surface area contributed by atoms with Gasteiger partial charge in [-0.2, -0.15) is 10.5 Å². The first-order valence-corrected chi connectivity index (χ1v) is 6.98. The maximum absolute atomic E-state index is 12.0. The number of halogens is 1. The second kappa shape index (κ2) is 6.78. The highest BCUT2D eigenvalue weighted by molar-refractivity contribution is 6.30. The summed E-state index contributed by atoms with van der Waals surface area (Å²) in [6, 6.07) is 10.3. The van der Waals surface area contributed by atoms with Gasteiger partial charge in [-0.05, 0) is 24.6 Å². The first-order valence-electron chi connectivity index (χ1n) is 6.60. The molecule has 0 aliphatic carbocycles. The molecule has 0 amide bonds. The van der Waals surface area contributed by atoms with Crippen molar-refractivity contribution in [3.63, 3.8) is 0 Å². The highest BCUT2D eigenvalue weighted by Gasteiger charge is 2.24. The SMILES string of the molecule is CCOC(=O)c1nc(N)c(C#N)c(-c2ccc(Cl)cc2)c1C#N. The molecule has 1 aromatic carbocycles. The third kappa shape index (κ3) is 3.08. The molecule has 0 aliphatic heterocycles. The summed E-state index contributed by atoms with van der Waals surface area (Å²) in [4.78, 5) is 15.9. The normalized spacial score (nSPS) is 9.74. The molecular weight excluding hydrogens is 316 g/mol. The second-order valence-corrected chi connectivity index (χ2v) is 4.86. The lowest BCUT2D eigenvalue weighted by atomic mass is 9.94. The highest BCUT2D eigenvalue weighted by Crippen LogP contribution is 2.32. The van der Waals surface area contributed by atoms with E-state index in [2.05, 4.69) is 4.98 Å². The molecule has 0 saturated carbocycles. The van der Waals surface area contributed by atoms with E-state index in [-0.39, 0.29) is 34.8 Å². The molecule has 0 atom stereocenters. The monoisotopic (exact) mass is 326 g/mol. The molecule has 2 N–H and O–H groups in total. The van der Waals surface area contributed by atoms with Crippen molar-refractivity contribution in [2.45, 2.75) is 6.92 Å². The summed E-state index contributed by atoms with van der Waals surface area (Å²) in [6.07, 6.45) is 0. The number of nitrogens with zero attached hydrogens (tertiary/aromatic N) is 3. The maximum atomic E-state index is 12.0. The van der Waals surface area contributed by atoms with E-state index < -0.39 is 5.97 Å². The van der Waals surface area contributed by atoms with Crippen molar-refractivity contribution < 1.29 is 9.53 Å². The van der Waals surface area contributed by atoms with Crippen LogP contribution < -0.4 is 5.73 Å². The fraction of sp³-hybridized carbons (Fsp3) is 0.125. The smallest absolute Gasteiger partial charge is 0.358 e. The van der Waals surface area contributed by atoms with Crippen LogP contribution in [0.15, 0.2) is 24.3 Å². The predicted octanol–water partition coefficient (Wildman–Crippen LogP) is 2.90. The number of ether oxygens (including phenoxy) is 1. The van der Waals surface area contributed by atoms with Gasteiger partial charge in [-0.15, -0.1) is 0 Å². The summed E-state index contributed by atoms with van der Waals surface area (Å²) in [5, 5.41) is 19.3. The zero-order valence-electron chi connectivity index (χ0n) is 12.1. The topological polar surface area (TPSA) is 113 Å². The molecule has 0 aliphatic rings. The Labute approximate surface area is 137 Å². The lowest BCUT2D eigenvalue weighted by Gasteiger charge is -2.12. The van der Waals surface area contributed by atoms with Crippen molar-refractivity contribution in [3.8, 4) is 23.3 Å². The minimum atomic E-state index is -0.768. The van der Waals surface area contributed by atoms with Crippen LogP contribution >= 0.6 is 11.6 Å². The number of nitrogen functional groups attached to an aromatic ring is 1. The predicted molar refractivity (Wildman–Crippen MR) is 84.5 cm³/mol. The van der Waals surface area contributed by atoms with Crippen molar-refractivity contribution in [1.29, 1.82) is 10.5 Å². The van der Waals surface area contributed by atoms with E-state index >= 15 is 0 Å². The van der Waals surface area contributed by atoms with Crippen molar-refractivity contribution >= 4 is 23.4 Å². The standard InChI is InChI=1S/C16H11ClN4O2/c1-2-23-16(22)14-11(7-18)13(12(8-19)15(20)21-14)9-3-5-10(17)6-4-9/h3-6H,2H2,1H3,(H2,20,21). The Balaban J connectivity index is 2.82. The second-order valence-electron chi connectivity index (χ2n) is 4.42. The number of nitrogens with two attached hydrogens (primary N) is 1. The van der Waals surface area contributed by atoms with E-state index in [4.69, 9.17) is 22.1 Å². The molecule has 0 unspecified atom stereocenters. The first kappa shape index (κ1) is 16.3. The third-order valence-electron chi connectivity index (χ3n) is 3.05. The van der Waals surface area contributed by atoms with Crippen LogP contribution in [0.5, 0.6) is 0 Å². The van der Waals surface area contributed by atoms with Gasteiger partial charge in [0.25, 0.3) is 0 Å². The van der Waals surface area contributed by atoms with E-state index in [1.165, 1.54) is 0 Å². The van der Waals surface area contributed by atoms with E-state index in [9.17, 15) is 15.3 Å². The molecule has 6 nitrogen and oxygen atoms in total. The molecule has 23 heavy (non-hydrogen) atoms. The average molecular weight is 327 g/mol. The molecule has 2 rings (SSSR count). The Hall–Kier alpha value is -3.09. The van der Waals surface area contributed by atoms with Gasteiger partial charge in [-0.1, -0.05) is 23.7 Å². The Morgan fingerprint density at radius 3 is 2.39 bits per heavy atom. The molecule has 7 heteroatoms. The van der Waals surface area contributed by atoms with Crippen molar-refractivity contribution in [2.24, 2.45) is 0 Å². The van der Waals surface area contributed by atoms with Crippen LogP contribution in [0.2, 0.25) is 5.02 Å². The fourth-order valence-corrected chi connectivity index (χ4v) is 2.20. The number of anilines is 1. The van der Waals surface area contributed by atoms with E-state index in [1.807, 2.05) is 12.1 Å². The number of esters is 1. The molecule has 0 radical (unpaired) electrons. The van der Waals surface area contributed by atoms with E-state index in [1.54, 1.807) is 31.2 Å². The molecule has 0 bridgehead atoms. The summed E-state index contributed by atoms with van der Waals surface area (Å²) < 4.78 is 4.90. The summed E-state index contributed by atoms with van der Waals surface area (Å²) in [5.41, 5.74) is 6.30. The van der Waals surface area contributed by atoms with Crippen LogP contribution in [0.25, 0.3) is 11.1 Å². The number of rotatable bonds is 3. The van der Waals surface area contributed by atoms with Gasteiger partial charge in [0, 0.05) is 10.6 Å². The van der Waals surface area contributed by atoms with E-state index in [0.717, 1.165) is 0 Å². The molecule has 0 fully saturated rings. The molecule has 1 heterocycles. The highest BCUT2D eigenvalue weighted by atomic mass is 35.5. The third-order valence-corrected chi connectivity index (χ3v) is 3.30. The number of pyridine rings is 1. The molecule has 2 aromatic rings. The molecule has 114 valence electrons. The number of benzene rings is 1. The minimum Gasteiger partial charge on any atom is -0.461 e. The Morgan fingerprint density at radius 1 is 1.26 bits per heavy atom. The molecular formula is C16H11ClN4O2. The van der Waals surface area contributed by atoms with Crippen LogP contribution in [-0.2, 0) is 4.74 Å². The van der Waals surface area contributed by atoms with Gasteiger partial charge >= 0.3 is 5.97 Å². The van der Waals surface area contributed by atoms with Gasteiger partial charge in [0.15, 0.2) is 5.69 Å². The lowest BCUT2D eigenvalue weighted by molar-refractivity contribution is 0.0519. The number of hydrogen-bond acceptors (Lipinski definition) is 6. The van der Waals surface area contributed by atoms with Crippen LogP contribution in [0.4, 0.5) is 5.82 Å². The lowest BCUT2D eigenvalue weighted by Crippen LogP contribution is -2.13. The summed E-state index contributed by atoms with van der Waals surface area (Å²) in [6.45, 7) is 1.76. The van der Waals surface area contributed by atoms with E-state index in [0.29, 0.717) is 10.6 Å². The van der Waals surface area contributed by atoms with Gasteiger partial charge in [0.2, 0.25) is 0 Å².